The lowest BCUT2D eigenvalue weighted by molar-refractivity contribution is -0.130. The van der Waals surface area contributed by atoms with Crippen molar-refractivity contribution in [1.82, 2.24) is 14.7 Å². The van der Waals surface area contributed by atoms with Gasteiger partial charge in [0.1, 0.15) is 0 Å². The largest absolute Gasteiger partial charge is 0.389 e. The molecule has 1 fully saturated rings. The number of hydrogen-bond acceptors (Lipinski definition) is 4. The summed E-state index contributed by atoms with van der Waals surface area (Å²) in [5.41, 5.74) is 5.33. The molecule has 1 saturated heterocycles. The second-order valence-corrected chi connectivity index (χ2v) is 3.96. The Labute approximate surface area is 93.6 Å². The summed E-state index contributed by atoms with van der Waals surface area (Å²) in [6.45, 7) is 1.21. The first-order valence-electron chi connectivity index (χ1n) is 5.37. The highest BCUT2D eigenvalue weighted by atomic mass is 16.3. The lowest BCUT2D eigenvalue weighted by atomic mass is 10.2. The third kappa shape index (κ3) is 2.07. The van der Waals surface area contributed by atoms with Crippen molar-refractivity contribution in [2.75, 3.05) is 19.6 Å². The summed E-state index contributed by atoms with van der Waals surface area (Å²) in [6.07, 6.45) is 3.24. The van der Waals surface area contributed by atoms with E-state index in [4.69, 9.17) is 5.73 Å². The number of amides is 1. The van der Waals surface area contributed by atoms with Crippen LogP contribution >= 0.6 is 0 Å². The number of likely N-dealkylation sites (tertiary alicyclic amines) is 1. The summed E-state index contributed by atoms with van der Waals surface area (Å²) in [7, 11) is 0. The van der Waals surface area contributed by atoms with Crippen molar-refractivity contribution >= 4 is 5.91 Å². The fourth-order valence-electron chi connectivity index (χ4n) is 1.99. The Hall–Kier alpha value is -1.40. The van der Waals surface area contributed by atoms with Gasteiger partial charge in [-0.25, -0.2) is 0 Å². The monoisotopic (exact) mass is 224 g/mol. The molecule has 88 valence electrons. The Morgan fingerprint density at radius 3 is 3.00 bits per heavy atom. The molecule has 3 N–H and O–H groups in total. The first-order chi connectivity index (χ1) is 7.72. The molecule has 0 aromatic carbocycles. The van der Waals surface area contributed by atoms with E-state index in [1.165, 1.54) is 0 Å². The van der Waals surface area contributed by atoms with Crippen LogP contribution in [0.1, 0.15) is 12.5 Å². The van der Waals surface area contributed by atoms with Crippen LogP contribution in [0.25, 0.3) is 0 Å². The number of aliphatic hydroxyl groups excluding tert-OH is 1. The van der Waals surface area contributed by atoms with Crippen LogP contribution < -0.4 is 5.73 Å². The van der Waals surface area contributed by atoms with E-state index < -0.39 is 6.10 Å². The van der Waals surface area contributed by atoms with Gasteiger partial charge >= 0.3 is 0 Å². The molecular formula is C10H16N4O2. The maximum Gasteiger partial charge on any atom is 0.224 e. The molecular weight excluding hydrogens is 208 g/mol. The molecule has 1 aliphatic heterocycles. The van der Waals surface area contributed by atoms with Crippen LogP contribution in [0.4, 0.5) is 0 Å². The Balaban J connectivity index is 2.02. The van der Waals surface area contributed by atoms with Crippen LogP contribution in [0.2, 0.25) is 0 Å². The fraction of sp³-hybridized carbons (Fsp3) is 0.600. The van der Waals surface area contributed by atoms with Gasteiger partial charge in [0.15, 0.2) is 0 Å². The summed E-state index contributed by atoms with van der Waals surface area (Å²) >= 11 is 0. The second kappa shape index (κ2) is 4.63. The molecule has 16 heavy (non-hydrogen) atoms. The first-order valence-corrected chi connectivity index (χ1v) is 5.37. The van der Waals surface area contributed by atoms with Crippen LogP contribution in [0, 0.1) is 0 Å². The normalized spacial score (nSPS) is 25.0. The molecule has 1 aromatic rings. The number of carbonyl (C=O) groups excluding carboxylic acids is 1. The van der Waals surface area contributed by atoms with Gasteiger partial charge in [0.25, 0.3) is 0 Å². The molecule has 0 saturated carbocycles. The molecule has 0 radical (unpaired) electrons. The topological polar surface area (TPSA) is 84.4 Å². The Morgan fingerprint density at radius 1 is 1.56 bits per heavy atom. The zero-order chi connectivity index (χ0) is 11.5. The third-order valence-electron chi connectivity index (χ3n) is 2.83. The van der Waals surface area contributed by atoms with Gasteiger partial charge in [-0.1, -0.05) is 0 Å². The number of β-amino-alcohol motifs (C(OH)–C–C–N with tert-alkyl or cyclic N) is 1. The van der Waals surface area contributed by atoms with Crippen molar-refractivity contribution < 1.29 is 9.90 Å². The first kappa shape index (κ1) is 11.1. The smallest absolute Gasteiger partial charge is 0.224 e. The van der Waals surface area contributed by atoms with Crippen LogP contribution in [-0.2, 0) is 4.79 Å². The number of rotatable bonds is 3. The molecule has 1 amide bonds. The molecule has 0 bridgehead atoms. The quantitative estimate of drug-likeness (QED) is 0.688. The molecule has 2 unspecified atom stereocenters. The van der Waals surface area contributed by atoms with Gasteiger partial charge < -0.3 is 15.7 Å². The molecule has 0 spiro atoms. The molecule has 1 aliphatic rings. The average molecular weight is 224 g/mol. The standard InChI is InChI=1S/C10H16N4O2/c11-3-2-10(16)13-6-8(9(15)7-13)14-5-1-4-12-14/h1,4-5,8-9,15H,2-3,6-7,11H2. The van der Waals surface area contributed by atoms with Gasteiger partial charge in [0, 0.05) is 38.4 Å². The van der Waals surface area contributed by atoms with E-state index in [-0.39, 0.29) is 11.9 Å². The number of carbonyl (C=O) groups is 1. The molecule has 6 nitrogen and oxygen atoms in total. The van der Waals surface area contributed by atoms with Gasteiger partial charge in [-0.3, -0.25) is 9.48 Å². The summed E-state index contributed by atoms with van der Waals surface area (Å²) in [5, 5.41) is 13.9. The highest BCUT2D eigenvalue weighted by Gasteiger charge is 2.34. The zero-order valence-electron chi connectivity index (χ0n) is 8.99. The van der Waals surface area contributed by atoms with E-state index in [2.05, 4.69) is 5.10 Å². The molecule has 1 aromatic heterocycles. The number of nitrogens with two attached hydrogens (primary N) is 1. The van der Waals surface area contributed by atoms with E-state index in [1.807, 2.05) is 0 Å². The fourth-order valence-corrected chi connectivity index (χ4v) is 1.99. The van der Waals surface area contributed by atoms with Crippen LogP contribution in [0.5, 0.6) is 0 Å². The van der Waals surface area contributed by atoms with Crippen molar-refractivity contribution in [1.29, 1.82) is 0 Å². The number of aliphatic hydroxyl groups is 1. The van der Waals surface area contributed by atoms with Gasteiger partial charge in [-0.05, 0) is 6.07 Å². The summed E-state index contributed by atoms with van der Waals surface area (Å²) < 4.78 is 1.69. The maximum absolute atomic E-state index is 11.6. The van der Waals surface area contributed by atoms with Crippen molar-refractivity contribution in [3.63, 3.8) is 0 Å². The Kier molecular flexibility index (Phi) is 3.21. The molecule has 2 atom stereocenters. The summed E-state index contributed by atoms with van der Waals surface area (Å²) in [5.74, 6) is -0.00351. The van der Waals surface area contributed by atoms with Crippen LogP contribution in [-0.4, -0.2) is 51.4 Å². The van der Waals surface area contributed by atoms with Crippen LogP contribution in [0.3, 0.4) is 0 Å². The minimum atomic E-state index is -0.554. The van der Waals surface area contributed by atoms with Crippen molar-refractivity contribution in [2.24, 2.45) is 5.73 Å². The predicted octanol–water partition coefficient (Wildman–Crippen LogP) is -1.02. The van der Waals surface area contributed by atoms with Crippen LogP contribution in [0.15, 0.2) is 18.5 Å². The van der Waals surface area contributed by atoms with Crippen molar-refractivity contribution in [3.05, 3.63) is 18.5 Å². The average Bonchev–Trinajstić information content (AvgIpc) is 2.86. The molecule has 0 aliphatic carbocycles. The molecule has 2 heterocycles. The summed E-state index contributed by atoms with van der Waals surface area (Å²) in [6, 6.07) is 1.66. The van der Waals surface area contributed by atoms with E-state index >= 15 is 0 Å². The Morgan fingerprint density at radius 2 is 2.38 bits per heavy atom. The highest BCUT2D eigenvalue weighted by Crippen LogP contribution is 2.21. The minimum Gasteiger partial charge on any atom is -0.389 e. The number of hydrogen-bond donors (Lipinski definition) is 2. The minimum absolute atomic E-state index is 0.00351. The van der Waals surface area contributed by atoms with E-state index in [1.54, 1.807) is 28.0 Å². The molecule has 6 heteroatoms. The maximum atomic E-state index is 11.6. The lowest BCUT2D eigenvalue weighted by Crippen LogP contribution is -2.31. The lowest BCUT2D eigenvalue weighted by Gasteiger charge is -2.15. The zero-order valence-corrected chi connectivity index (χ0v) is 8.99. The highest BCUT2D eigenvalue weighted by molar-refractivity contribution is 5.76. The second-order valence-electron chi connectivity index (χ2n) is 3.96. The Bertz CT molecular complexity index is 352. The SMILES string of the molecule is NCCC(=O)N1CC(O)C(n2cccn2)C1. The van der Waals surface area contributed by atoms with E-state index in [0.717, 1.165) is 0 Å². The van der Waals surface area contributed by atoms with Gasteiger partial charge in [0.2, 0.25) is 5.91 Å². The predicted molar refractivity (Wildman–Crippen MR) is 57.5 cm³/mol. The third-order valence-corrected chi connectivity index (χ3v) is 2.83. The molecule has 2 rings (SSSR count). The van der Waals surface area contributed by atoms with Gasteiger partial charge in [-0.2, -0.15) is 5.10 Å². The van der Waals surface area contributed by atoms with Crippen molar-refractivity contribution in [2.45, 2.75) is 18.6 Å². The van der Waals surface area contributed by atoms with Crippen molar-refractivity contribution in [3.8, 4) is 0 Å². The van der Waals surface area contributed by atoms with Gasteiger partial charge in [-0.15, -0.1) is 0 Å². The van der Waals surface area contributed by atoms with E-state index in [0.29, 0.717) is 26.1 Å². The van der Waals surface area contributed by atoms with Gasteiger partial charge in [0.05, 0.1) is 12.1 Å². The van der Waals surface area contributed by atoms with E-state index in [9.17, 15) is 9.90 Å². The summed E-state index contributed by atoms with van der Waals surface area (Å²) in [4.78, 5) is 13.3. The number of aromatic nitrogens is 2. The number of nitrogens with zero attached hydrogens (tertiary/aromatic N) is 3.